The molecule has 2 aromatic rings. The molecule has 0 amide bonds. The van der Waals surface area contributed by atoms with Crippen LogP contribution < -0.4 is 4.74 Å². The first-order chi connectivity index (χ1) is 12.0. The summed E-state index contributed by atoms with van der Waals surface area (Å²) < 4.78 is 33.6. The number of ether oxygens (including phenoxy) is 1. The van der Waals surface area contributed by atoms with E-state index in [1.54, 1.807) is 24.0 Å². The van der Waals surface area contributed by atoms with Crippen molar-refractivity contribution in [2.24, 2.45) is 0 Å². The van der Waals surface area contributed by atoms with E-state index in [4.69, 9.17) is 9.84 Å². The molecule has 0 aliphatic carbocycles. The van der Waals surface area contributed by atoms with Crippen LogP contribution in [0.25, 0.3) is 0 Å². The van der Waals surface area contributed by atoms with Gasteiger partial charge in [0.15, 0.2) is 17.4 Å². The number of rotatable bonds is 9. The molecule has 0 fully saturated rings. The van der Waals surface area contributed by atoms with Crippen molar-refractivity contribution in [1.29, 1.82) is 0 Å². The fraction of sp³-hybridized carbons (Fsp3) is 0.333. The summed E-state index contributed by atoms with van der Waals surface area (Å²) in [5, 5.41) is 9.43. The van der Waals surface area contributed by atoms with Crippen LogP contribution in [0.4, 0.5) is 8.78 Å². The van der Waals surface area contributed by atoms with Crippen molar-refractivity contribution in [3.05, 3.63) is 53.2 Å². The van der Waals surface area contributed by atoms with Crippen LogP contribution in [0.3, 0.4) is 0 Å². The maximum Gasteiger partial charge on any atom is 0.303 e. The van der Waals surface area contributed by atoms with Crippen LogP contribution in [-0.4, -0.2) is 21.8 Å². The molecule has 0 saturated carbocycles. The Morgan fingerprint density at radius 1 is 1.32 bits per heavy atom. The largest absolute Gasteiger partial charge is 0.483 e. The number of pyridine rings is 1. The Kier molecular flexibility index (Phi) is 7.18. The molecule has 0 bridgehead atoms. The number of hydrogen-bond acceptors (Lipinski definition) is 4. The summed E-state index contributed by atoms with van der Waals surface area (Å²) in [4.78, 5) is 14.8. The van der Waals surface area contributed by atoms with Crippen LogP contribution in [0.1, 0.15) is 30.9 Å². The van der Waals surface area contributed by atoms with Crippen molar-refractivity contribution in [2.75, 3.05) is 5.75 Å². The Labute approximate surface area is 149 Å². The van der Waals surface area contributed by atoms with Crippen molar-refractivity contribution < 1.29 is 23.4 Å². The summed E-state index contributed by atoms with van der Waals surface area (Å²) in [6.45, 7) is 2.06. The normalized spacial score (nSPS) is 10.7. The summed E-state index contributed by atoms with van der Waals surface area (Å²) in [7, 11) is 0. The zero-order valence-electron chi connectivity index (χ0n) is 13.8. The Bertz CT molecular complexity index is 717. The minimum Gasteiger partial charge on any atom is -0.483 e. The van der Waals surface area contributed by atoms with E-state index < -0.39 is 23.4 Å². The van der Waals surface area contributed by atoms with E-state index in [9.17, 15) is 13.6 Å². The Balaban J connectivity index is 2.09. The molecule has 1 aromatic carbocycles. The van der Waals surface area contributed by atoms with Gasteiger partial charge in [-0.15, -0.1) is 11.8 Å². The standard InChI is InChI=1S/C18H19F2NO3S/c1-2-8-25-18-13(4-3-7-21-18)11-24-17-14(19)9-12(10-15(17)20)5-6-16(22)23/h3-4,7,9-10H,2,5-6,8,11H2,1H3,(H,22,23). The molecule has 0 aliphatic rings. The van der Waals surface area contributed by atoms with Crippen LogP contribution >= 0.6 is 11.8 Å². The lowest BCUT2D eigenvalue weighted by atomic mass is 10.1. The Hall–Kier alpha value is -2.15. The number of hydrogen-bond donors (Lipinski definition) is 1. The van der Waals surface area contributed by atoms with E-state index >= 15 is 0 Å². The highest BCUT2D eigenvalue weighted by atomic mass is 32.2. The molecule has 0 saturated heterocycles. The number of nitrogens with zero attached hydrogens (tertiary/aromatic N) is 1. The third-order valence-corrected chi connectivity index (χ3v) is 4.60. The second kappa shape index (κ2) is 9.36. The first kappa shape index (κ1) is 19.2. The predicted molar refractivity (Wildman–Crippen MR) is 91.9 cm³/mol. The van der Waals surface area contributed by atoms with Gasteiger partial charge in [0.1, 0.15) is 11.6 Å². The molecule has 25 heavy (non-hydrogen) atoms. The first-order valence-corrected chi connectivity index (χ1v) is 8.89. The number of carboxylic acids is 1. The van der Waals surface area contributed by atoms with Crippen LogP contribution in [0.5, 0.6) is 5.75 Å². The van der Waals surface area contributed by atoms with Gasteiger partial charge in [0, 0.05) is 18.2 Å². The van der Waals surface area contributed by atoms with E-state index in [-0.39, 0.29) is 25.0 Å². The van der Waals surface area contributed by atoms with Crippen molar-refractivity contribution in [3.63, 3.8) is 0 Å². The highest BCUT2D eigenvalue weighted by Crippen LogP contribution is 2.27. The van der Waals surface area contributed by atoms with E-state index in [2.05, 4.69) is 11.9 Å². The van der Waals surface area contributed by atoms with E-state index in [1.165, 1.54) is 0 Å². The van der Waals surface area contributed by atoms with Crippen molar-refractivity contribution in [1.82, 2.24) is 4.98 Å². The van der Waals surface area contributed by atoms with Crippen molar-refractivity contribution in [2.45, 2.75) is 37.8 Å². The predicted octanol–water partition coefficient (Wildman–Crippen LogP) is 4.46. The van der Waals surface area contributed by atoms with E-state index in [0.29, 0.717) is 0 Å². The van der Waals surface area contributed by atoms with Crippen LogP contribution in [0.2, 0.25) is 0 Å². The lowest BCUT2D eigenvalue weighted by Crippen LogP contribution is -2.04. The first-order valence-electron chi connectivity index (χ1n) is 7.90. The highest BCUT2D eigenvalue weighted by molar-refractivity contribution is 7.99. The smallest absolute Gasteiger partial charge is 0.303 e. The highest BCUT2D eigenvalue weighted by Gasteiger charge is 2.15. The number of aromatic nitrogens is 1. The number of carbonyl (C=O) groups is 1. The molecule has 1 N–H and O–H groups in total. The van der Waals surface area contributed by atoms with E-state index in [1.807, 2.05) is 6.07 Å². The Morgan fingerprint density at radius 3 is 2.68 bits per heavy atom. The SMILES string of the molecule is CCCSc1ncccc1COc1c(F)cc(CCC(=O)O)cc1F. The third-order valence-electron chi connectivity index (χ3n) is 3.35. The molecule has 1 aromatic heterocycles. The summed E-state index contributed by atoms with van der Waals surface area (Å²) in [5.41, 5.74) is 1.04. The number of thioether (sulfide) groups is 1. The third kappa shape index (κ3) is 5.70. The van der Waals surface area contributed by atoms with Crippen LogP contribution in [0.15, 0.2) is 35.5 Å². The molecule has 7 heteroatoms. The summed E-state index contributed by atoms with van der Waals surface area (Å²) >= 11 is 1.57. The number of halogens is 2. The monoisotopic (exact) mass is 367 g/mol. The molecule has 0 radical (unpaired) electrons. The molecular formula is C18H19F2NO3S. The number of benzene rings is 1. The summed E-state index contributed by atoms with van der Waals surface area (Å²) in [6.07, 6.45) is 2.53. The molecule has 0 spiro atoms. The second-order valence-corrected chi connectivity index (χ2v) is 6.47. The molecule has 0 aliphatic heterocycles. The quantitative estimate of drug-likeness (QED) is 0.663. The molecule has 4 nitrogen and oxygen atoms in total. The topological polar surface area (TPSA) is 59.4 Å². The number of aliphatic carboxylic acids is 1. The van der Waals surface area contributed by atoms with Gasteiger partial charge in [0.25, 0.3) is 0 Å². The Morgan fingerprint density at radius 2 is 2.04 bits per heavy atom. The molecular weight excluding hydrogens is 348 g/mol. The fourth-order valence-electron chi connectivity index (χ4n) is 2.16. The lowest BCUT2D eigenvalue weighted by Gasteiger charge is -2.12. The van der Waals surface area contributed by atoms with Gasteiger partial charge >= 0.3 is 5.97 Å². The van der Waals surface area contributed by atoms with Crippen LogP contribution in [-0.2, 0) is 17.8 Å². The molecule has 1 heterocycles. The molecule has 0 atom stereocenters. The van der Waals surface area contributed by atoms with Gasteiger partial charge in [0.05, 0.1) is 0 Å². The summed E-state index contributed by atoms with van der Waals surface area (Å²) in [5.74, 6) is -2.27. The van der Waals surface area contributed by atoms with Gasteiger partial charge in [-0.1, -0.05) is 13.0 Å². The van der Waals surface area contributed by atoms with Gasteiger partial charge in [-0.2, -0.15) is 0 Å². The number of carboxylic acid groups (broad SMARTS) is 1. The maximum absolute atomic E-state index is 14.1. The minimum absolute atomic E-state index is 0.00218. The van der Waals surface area contributed by atoms with Gasteiger partial charge in [-0.3, -0.25) is 4.79 Å². The van der Waals surface area contributed by atoms with Gasteiger partial charge in [-0.05, 0) is 42.4 Å². The molecule has 134 valence electrons. The van der Waals surface area contributed by atoms with Gasteiger partial charge in [-0.25, -0.2) is 13.8 Å². The molecule has 0 unspecified atom stereocenters. The van der Waals surface area contributed by atoms with Gasteiger partial charge in [0.2, 0.25) is 0 Å². The number of aryl methyl sites for hydroxylation is 1. The second-order valence-electron chi connectivity index (χ2n) is 5.39. The zero-order valence-corrected chi connectivity index (χ0v) is 14.6. The van der Waals surface area contributed by atoms with E-state index in [0.717, 1.165) is 34.9 Å². The van der Waals surface area contributed by atoms with Crippen molar-refractivity contribution >= 4 is 17.7 Å². The minimum atomic E-state index is -1.02. The fourth-order valence-corrected chi connectivity index (χ4v) is 3.00. The summed E-state index contributed by atoms with van der Waals surface area (Å²) in [6, 6.07) is 5.77. The average Bonchev–Trinajstić information content (AvgIpc) is 2.58. The lowest BCUT2D eigenvalue weighted by molar-refractivity contribution is -0.136. The average molecular weight is 367 g/mol. The maximum atomic E-state index is 14.1. The van der Waals surface area contributed by atoms with Crippen molar-refractivity contribution in [3.8, 4) is 5.75 Å². The molecule has 2 rings (SSSR count). The zero-order chi connectivity index (χ0) is 18.2. The van der Waals surface area contributed by atoms with Crippen LogP contribution in [0, 0.1) is 11.6 Å². The van der Waals surface area contributed by atoms with Gasteiger partial charge < -0.3 is 9.84 Å².